The molecule has 0 aliphatic rings. The minimum Gasteiger partial charge on any atom is -0.499 e. The Balaban J connectivity index is 1.94. The van der Waals surface area contributed by atoms with Crippen LogP contribution in [0.1, 0.15) is 26.5 Å². The molecule has 0 aliphatic carbocycles. The molecule has 1 N–H and O–H groups in total. The quantitative estimate of drug-likeness (QED) is 0.577. The monoisotopic (exact) mass is 315 g/mol. The summed E-state index contributed by atoms with van der Waals surface area (Å²) in [6.45, 7) is 6.33. The standard InChI is InChI=1S/C16H14N2O3S/c1-16(2,3)10-8-22-15(17-10)9-4-6-18(7-5-9)11-12(19)14(21)13(11)20/h4-8H,1-3H3/p+1. The van der Waals surface area contributed by atoms with Crippen LogP contribution in [0.15, 0.2) is 39.5 Å². The van der Waals surface area contributed by atoms with Crippen molar-refractivity contribution in [1.29, 1.82) is 0 Å². The van der Waals surface area contributed by atoms with E-state index in [9.17, 15) is 14.7 Å². The summed E-state index contributed by atoms with van der Waals surface area (Å²) in [4.78, 5) is 27.1. The fourth-order valence-electron chi connectivity index (χ4n) is 2.08. The highest BCUT2D eigenvalue weighted by molar-refractivity contribution is 7.13. The fourth-order valence-corrected chi connectivity index (χ4v) is 3.13. The number of hydrogen-bond donors (Lipinski definition) is 1. The summed E-state index contributed by atoms with van der Waals surface area (Å²) in [5, 5.41) is 12.4. The Labute approximate surface area is 130 Å². The van der Waals surface area contributed by atoms with E-state index in [0.717, 1.165) is 16.3 Å². The van der Waals surface area contributed by atoms with Gasteiger partial charge in [0.05, 0.1) is 5.69 Å². The molecule has 0 unspecified atom stereocenters. The molecule has 0 saturated heterocycles. The number of thiazole rings is 1. The molecule has 0 bridgehead atoms. The molecule has 3 rings (SSSR count). The van der Waals surface area contributed by atoms with Gasteiger partial charge in [-0.05, 0) is 0 Å². The van der Waals surface area contributed by atoms with Crippen molar-refractivity contribution in [2.75, 3.05) is 0 Å². The molecule has 22 heavy (non-hydrogen) atoms. The second-order valence-electron chi connectivity index (χ2n) is 6.14. The second kappa shape index (κ2) is 4.84. The van der Waals surface area contributed by atoms with Crippen LogP contribution >= 0.6 is 11.3 Å². The van der Waals surface area contributed by atoms with Crippen LogP contribution in [0.5, 0.6) is 5.75 Å². The first-order valence-corrected chi connectivity index (χ1v) is 7.67. The van der Waals surface area contributed by atoms with Crippen LogP contribution in [0.4, 0.5) is 0 Å². The van der Waals surface area contributed by atoms with Crippen molar-refractivity contribution in [3.63, 3.8) is 0 Å². The van der Waals surface area contributed by atoms with E-state index in [1.807, 2.05) is 17.5 Å². The third kappa shape index (κ3) is 2.25. The molecule has 1 aromatic carbocycles. The van der Waals surface area contributed by atoms with Crippen LogP contribution in [0.25, 0.3) is 16.3 Å². The predicted octanol–water partition coefficient (Wildman–Crippen LogP) is 1.69. The van der Waals surface area contributed by atoms with Gasteiger partial charge in [-0.25, -0.2) is 4.98 Å². The fraction of sp³-hybridized carbons (Fsp3) is 0.250. The molecule has 0 saturated carbocycles. The van der Waals surface area contributed by atoms with Crippen LogP contribution in [0.3, 0.4) is 0 Å². The molecule has 0 radical (unpaired) electrons. The van der Waals surface area contributed by atoms with Crippen molar-refractivity contribution in [1.82, 2.24) is 4.98 Å². The Kier molecular flexibility index (Phi) is 3.21. The molecular weight excluding hydrogens is 300 g/mol. The van der Waals surface area contributed by atoms with E-state index in [1.165, 1.54) is 4.57 Å². The van der Waals surface area contributed by atoms with E-state index in [-0.39, 0.29) is 11.1 Å². The first kappa shape index (κ1) is 14.6. The van der Waals surface area contributed by atoms with Crippen LogP contribution < -0.4 is 15.4 Å². The van der Waals surface area contributed by atoms with Crippen molar-refractivity contribution in [2.45, 2.75) is 26.2 Å². The zero-order chi connectivity index (χ0) is 16.1. The molecule has 5 nitrogen and oxygen atoms in total. The minimum atomic E-state index is -0.832. The predicted molar refractivity (Wildman–Crippen MR) is 84.4 cm³/mol. The summed E-state index contributed by atoms with van der Waals surface area (Å²) < 4.78 is 1.45. The third-order valence-electron chi connectivity index (χ3n) is 3.47. The van der Waals surface area contributed by atoms with Gasteiger partial charge in [-0.3, -0.25) is 9.59 Å². The normalized spacial score (nSPS) is 12.0. The summed E-state index contributed by atoms with van der Waals surface area (Å²) in [5.41, 5.74) is 0.477. The molecule has 112 valence electrons. The Bertz CT molecular complexity index is 910. The Morgan fingerprint density at radius 3 is 2.27 bits per heavy atom. The lowest BCUT2D eigenvalue weighted by Crippen LogP contribution is -2.46. The summed E-state index contributed by atoms with van der Waals surface area (Å²) >= 11 is 1.56. The van der Waals surface area contributed by atoms with Crippen LogP contribution in [0.2, 0.25) is 0 Å². The summed E-state index contributed by atoms with van der Waals surface area (Å²) in [7, 11) is 0. The molecule has 0 fully saturated rings. The molecule has 0 amide bonds. The second-order valence-corrected chi connectivity index (χ2v) is 7.00. The van der Waals surface area contributed by atoms with Gasteiger partial charge in [-0.15, -0.1) is 11.3 Å². The van der Waals surface area contributed by atoms with E-state index < -0.39 is 16.6 Å². The van der Waals surface area contributed by atoms with Gasteiger partial charge < -0.3 is 5.11 Å². The van der Waals surface area contributed by atoms with E-state index in [1.54, 1.807) is 23.7 Å². The molecule has 0 aliphatic heterocycles. The zero-order valence-electron chi connectivity index (χ0n) is 12.5. The van der Waals surface area contributed by atoms with E-state index in [4.69, 9.17) is 0 Å². The number of hydrogen-bond acceptors (Lipinski definition) is 5. The first-order valence-electron chi connectivity index (χ1n) is 6.79. The molecule has 2 heterocycles. The molecule has 2 aromatic heterocycles. The molecule has 0 atom stereocenters. The number of aromatic hydroxyl groups is 1. The van der Waals surface area contributed by atoms with Gasteiger partial charge in [0.2, 0.25) is 5.75 Å². The lowest BCUT2D eigenvalue weighted by atomic mass is 9.93. The largest absolute Gasteiger partial charge is 0.499 e. The molecular formula is C16H15N2O3S+. The van der Waals surface area contributed by atoms with E-state index in [0.29, 0.717) is 0 Å². The minimum absolute atomic E-state index is 0.00124. The highest BCUT2D eigenvalue weighted by Gasteiger charge is 2.29. The average Bonchev–Trinajstić information content (AvgIpc) is 2.98. The highest BCUT2D eigenvalue weighted by Crippen LogP contribution is 2.29. The Morgan fingerprint density at radius 1 is 1.14 bits per heavy atom. The summed E-state index contributed by atoms with van der Waals surface area (Å²) in [6, 6.07) is 3.61. The van der Waals surface area contributed by atoms with Gasteiger partial charge in [0.25, 0.3) is 5.43 Å². The van der Waals surface area contributed by atoms with Crippen molar-refractivity contribution >= 4 is 11.3 Å². The molecule has 3 aromatic rings. The van der Waals surface area contributed by atoms with Crippen LogP contribution in [-0.2, 0) is 5.41 Å². The van der Waals surface area contributed by atoms with Gasteiger partial charge >= 0.3 is 11.1 Å². The zero-order valence-corrected chi connectivity index (χ0v) is 13.3. The van der Waals surface area contributed by atoms with E-state index in [2.05, 4.69) is 25.8 Å². The SMILES string of the molecule is CC(C)(C)c1csc(-c2cc[n+](-c3c(O)c(=O)c3=O)cc2)n1. The first-order chi connectivity index (χ1) is 10.3. The van der Waals surface area contributed by atoms with Crippen LogP contribution in [-0.4, -0.2) is 10.1 Å². The van der Waals surface area contributed by atoms with Crippen molar-refractivity contribution < 1.29 is 9.67 Å². The topological polar surface area (TPSA) is 71.1 Å². The summed E-state index contributed by atoms with van der Waals surface area (Å²) in [5.74, 6) is -0.480. The van der Waals surface area contributed by atoms with Gasteiger partial charge in [-0.1, -0.05) is 20.8 Å². The highest BCUT2D eigenvalue weighted by atomic mass is 32.1. The summed E-state index contributed by atoms with van der Waals surface area (Å²) in [6.07, 6.45) is 3.28. The maximum Gasteiger partial charge on any atom is 0.309 e. The lowest BCUT2D eigenvalue weighted by molar-refractivity contribution is -0.598. The van der Waals surface area contributed by atoms with Crippen molar-refractivity contribution in [2.24, 2.45) is 0 Å². The number of aromatic nitrogens is 2. The maximum absolute atomic E-state index is 11.4. The lowest BCUT2D eigenvalue weighted by Gasteiger charge is -2.14. The molecule has 0 spiro atoms. The van der Waals surface area contributed by atoms with Crippen molar-refractivity contribution in [3.8, 4) is 22.0 Å². The van der Waals surface area contributed by atoms with Crippen molar-refractivity contribution in [3.05, 3.63) is 56.0 Å². The van der Waals surface area contributed by atoms with Crippen LogP contribution in [0, 0.1) is 0 Å². The van der Waals surface area contributed by atoms with Gasteiger partial charge in [0, 0.05) is 28.5 Å². The van der Waals surface area contributed by atoms with E-state index >= 15 is 0 Å². The Hall–Kier alpha value is -2.34. The maximum atomic E-state index is 11.4. The Morgan fingerprint density at radius 2 is 1.77 bits per heavy atom. The average molecular weight is 315 g/mol. The molecule has 6 heteroatoms. The number of pyridine rings is 1. The van der Waals surface area contributed by atoms with Gasteiger partial charge in [0.1, 0.15) is 5.01 Å². The number of nitrogens with zero attached hydrogens (tertiary/aromatic N) is 2. The van der Waals surface area contributed by atoms with Gasteiger partial charge in [-0.2, -0.15) is 4.57 Å². The smallest absolute Gasteiger partial charge is 0.309 e. The third-order valence-corrected chi connectivity index (χ3v) is 4.36. The van der Waals surface area contributed by atoms with Gasteiger partial charge in [0.15, 0.2) is 12.4 Å². The number of rotatable bonds is 2.